The Hall–Kier alpha value is -2.01. The van der Waals surface area contributed by atoms with E-state index in [1.165, 1.54) is 16.0 Å². The van der Waals surface area contributed by atoms with Crippen LogP contribution in [-0.4, -0.2) is 16.6 Å². The van der Waals surface area contributed by atoms with Crippen molar-refractivity contribution in [2.45, 2.75) is 19.6 Å². The van der Waals surface area contributed by atoms with Crippen molar-refractivity contribution in [2.24, 2.45) is 0 Å². The molecule has 0 aliphatic heterocycles. The number of aromatic nitrogens is 1. The number of nitrogens with zero attached hydrogens (tertiary/aromatic N) is 1. The molecule has 0 saturated carbocycles. The van der Waals surface area contributed by atoms with E-state index in [4.69, 9.17) is 5.11 Å². The van der Waals surface area contributed by atoms with E-state index in [0.717, 1.165) is 30.1 Å². The number of benzene rings is 2. The van der Waals surface area contributed by atoms with Gasteiger partial charge in [-0.15, -0.1) is 11.3 Å². The first kappa shape index (κ1) is 15.9. The molecule has 0 saturated heterocycles. The minimum atomic E-state index is 0.105. The van der Waals surface area contributed by atoms with Crippen molar-refractivity contribution in [3.8, 4) is 10.6 Å². The lowest BCUT2D eigenvalue weighted by Gasteiger charge is -2.04. The Morgan fingerprint density at radius 2 is 1.70 bits per heavy atom. The number of aliphatic hydroxyl groups is 1. The lowest BCUT2D eigenvalue weighted by molar-refractivity contribution is 0.282. The van der Waals surface area contributed by atoms with Crippen LogP contribution in [0, 0.1) is 0 Å². The Kier molecular flexibility index (Phi) is 5.53. The van der Waals surface area contributed by atoms with Crippen LogP contribution in [0.25, 0.3) is 10.6 Å². The quantitative estimate of drug-likeness (QED) is 0.652. The second-order valence-electron chi connectivity index (χ2n) is 5.40. The van der Waals surface area contributed by atoms with Crippen LogP contribution in [0.2, 0.25) is 0 Å². The second kappa shape index (κ2) is 8.02. The Morgan fingerprint density at radius 1 is 0.957 bits per heavy atom. The van der Waals surface area contributed by atoms with Crippen molar-refractivity contribution in [1.29, 1.82) is 0 Å². The summed E-state index contributed by atoms with van der Waals surface area (Å²) in [7, 11) is 0. The lowest BCUT2D eigenvalue weighted by Crippen LogP contribution is -2.15. The zero-order valence-electron chi connectivity index (χ0n) is 12.9. The highest BCUT2D eigenvalue weighted by Crippen LogP contribution is 2.24. The molecule has 118 valence electrons. The molecule has 4 heteroatoms. The first-order valence-corrected chi connectivity index (χ1v) is 8.56. The lowest BCUT2D eigenvalue weighted by atomic mass is 10.1. The van der Waals surface area contributed by atoms with E-state index in [0.29, 0.717) is 0 Å². The van der Waals surface area contributed by atoms with Crippen LogP contribution in [0.15, 0.2) is 60.8 Å². The molecule has 0 aliphatic carbocycles. The van der Waals surface area contributed by atoms with E-state index in [9.17, 15) is 0 Å². The van der Waals surface area contributed by atoms with Gasteiger partial charge in [0.05, 0.1) is 6.61 Å². The Morgan fingerprint density at radius 3 is 2.43 bits per heavy atom. The van der Waals surface area contributed by atoms with E-state index >= 15 is 0 Å². The number of hydrogen-bond acceptors (Lipinski definition) is 4. The SMILES string of the molecule is OCc1ccc(CCNCc2cnc(-c3ccccc3)s2)cc1. The Balaban J connectivity index is 1.46. The second-order valence-corrected chi connectivity index (χ2v) is 6.51. The first-order valence-electron chi connectivity index (χ1n) is 7.74. The van der Waals surface area contributed by atoms with Crippen LogP contribution in [-0.2, 0) is 19.6 Å². The van der Waals surface area contributed by atoms with Gasteiger partial charge in [0.2, 0.25) is 0 Å². The normalized spacial score (nSPS) is 10.8. The minimum Gasteiger partial charge on any atom is -0.392 e. The molecule has 0 aliphatic rings. The van der Waals surface area contributed by atoms with Crippen molar-refractivity contribution in [2.75, 3.05) is 6.54 Å². The molecule has 2 N–H and O–H groups in total. The summed E-state index contributed by atoms with van der Waals surface area (Å²) in [4.78, 5) is 5.75. The van der Waals surface area contributed by atoms with E-state index in [-0.39, 0.29) is 6.61 Å². The third kappa shape index (κ3) is 4.48. The van der Waals surface area contributed by atoms with Gasteiger partial charge in [-0.1, -0.05) is 54.6 Å². The van der Waals surface area contributed by atoms with Crippen molar-refractivity contribution in [3.05, 3.63) is 76.8 Å². The van der Waals surface area contributed by atoms with Gasteiger partial charge in [0.1, 0.15) is 5.01 Å². The zero-order chi connectivity index (χ0) is 15.9. The van der Waals surface area contributed by atoms with Gasteiger partial charge >= 0.3 is 0 Å². The average molecular weight is 324 g/mol. The summed E-state index contributed by atoms with van der Waals surface area (Å²) in [6.45, 7) is 1.88. The summed E-state index contributed by atoms with van der Waals surface area (Å²) < 4.78 is 0. The highest BCUT2D eigenvalue weighted by atomic mass is 32.1. The molecule has 0 atom stereocenters. The summed E-state index contributed by atoms with van der Waals surface area (Å²) in [5, 5.41) is 13.6. The summed E-state index contributed by atoms with van der Waals surface area (Å²) in [5.41, 5.74) is 3.41. The van der Waals surface area contributed by atoms with Crippen LogP contribution < -0.4 is 5.32 Å². The van der Waals surface area contributed by atoms with Crippen LogP contribution in [0.3, 0.4) is 0 Å². The van der Waals surface area contributed by atoms with Crippen molar-refractivity contribution in [1.82, 2.24) is 10.3 Å². The van der Waals surface area contributed by atoms with Crippen molar-refractivity contribution < 1.29 is 5.11 Å². The molecular formula is C19H20N2OS. The smallest absolute Gasteiger partial charge is 0.123 e. The van der Waals surface area contributed by atoms with Gasteiger partial charge in [0.25, 0.3) is 0 Å². The van der Waals surface area contributed by atoms with Gasteiger partial charge in [-0.05, 0) is 24.1 Å². The van der Waals surface area contributed by atoms with Crippen molar-refractivity contribution in [3.63, 3.8) is 0 Å². The summed E-state index contributed by atoms with van der Waals surface area (Å²) in [6, 6.07) is 18.4. The molecule has 3 nitrogen and oxygen atoms in total. The Bertz CT molecular complexity index is 723. The van der Waals surface area contributed by atoms with Crippen LogP contribution in [0.4, 0.5) is 0 Å². The molecule has 3 aromatic rings. The van der Waals surface area contributed by atoms with E-state index in [2.05, 4.69) is 34.6 Å². The third-order valence-corrected chi connectivity index (χ3v) is 4.72. The molecule has 0 fully saturated rings. The number of rotatable bonds is 7. The zero-order valence-corrected chi connectivity index (χ0v) is 13.7. The van der Waals surface area contributed by atoms with E-state index in [1.807, 2.05) is 36.5 Å². The van der Waals surface area contributed by atoms with Gasteiger partial charge in [-0.25, -0.2) is 4.98 Å². The van der Waals surface area contributed by atoms with Crippen LogP contribution in [0.5, 0.6) is 0 Å². The fourth-order valence-corrected chi connectivity index (χ4v) is 3.25. The molecular weight excluding hydrogens is 304 g/mol. The van der Waals surface area contributed by atoms with E-state index < -0.39 is 0 Å². The predicted molar refractivity (Wildman–Crippen MR) is 95.3 cm³/mol. The van der Waals surface area contributed by atoms with Gasteiger partial charge in [0, 0.05) is 23.2 Å². The number of thiazole rings is 1. The average Bonchev–Trinajstić information content (AvgIpc) is 3.09. The van der Waals surface area contributed by atoms with Crippen LogP contribution >= 0.6 is 11.3 Å². The van der Waals surface area contributed by atoms with Gasteiger partial charge in [0.15, 0.2) is 0 Å². The fraction of sp³-hybridized carbons (Fsp3) is 0.211. The summed E-state index contributed by atoms with van der Waals surface area (Å²) in [5.74, 6) is 0. The molecule has 1 aromatic heterocycles. The molecule has 0 bridgehead atoms. The monoisotopic (exact) mass is 324 g/mol. The molecule has 0 unspecified atom stereocenters. The number of aliphatic hydroxyl groups excluding tert-OH is 1. The molecule has 0 radical (unpaired) electrons. The maximum atomic E-state index is 9.04. The minimum absolute atomic E-state index is 0.105. The topological polar surface area (TPSA) is 45.1 Å². The van der Waals surface area contributed by atoms with Crippen molar-refractivity contribution >= 4 is 11.3 Å². The molecule has 2 aromatic carbocycles. The highest BCUT2D eigenvalue weighted by molar-refractivity contribution is 7.15. The molecule has 3 rings (SSSR count). The molecule has 0 amide bonds. The predicted octanol–water partition coefficient (Wildman–Crippen LogP) is 3.63. The summed E-state index contributed by atoms with van der Waals surface area (Å²) in [6.07, 6.45) is 2.94. The standard InChI is InChI=1S/C19H20N2OS/c22-14-16-8-6-15(7-9-16)10-11-20-12-18-13-21-19(23-18)17-4-2-1-3-5-17/h1-9,13,20,22H,10-12,14H2. The molecule has 23 heavy (non-hydrogen) atoms. The third-order valence-electron chi connectivity index (χ3n) is 3.67. The molecule has 1 heterocycles. The van der Waals surface area contributed by atoms with Crippen LogP contribution in [0.1, 0.15) is 16.0 Å². The van der Waals surface area contributed by atoms with Gasteiger partial charge < -0.3 is 10.4 Å². The first-order chi connectivity index (χ1) is 11.3. The molecule has 0 spiro atoms. The van der Waals surface area contributed by atoms with E-state index in [1.54, 1.807) is 11.3 Å². The Labute approximate surface area is 140 Å². The number of hydrogen-bond donors (Lipinski definition) is 2. The maximum Gasteiger partial charge on any atom is 0.123 e. The maximum absolute atomic E-state index is 9.04. The largest absolute Gasteiger partial charge is 0.392 e. The summed E-state index contributed by atoms with van der Waals surface area (Å²) >= 11 is 1.74. The van der Waals surface area contributed by atoms with Gasteiger partial charge in [-0.2, -0.15) is 0 Å². The fourth-order valence-electron chi connectivity index (χ4n) is 2.36. The number of nitrogens with one attached hydrogen (secondary N) is 1. The highest BCUT2D eigenvalue weighted by Gasteiger charge is 2.03. The van der Waals surface area contributed by atoms with Gasteiger partial charge in [-0.3, -0.25) is 0 Å².